The molecule has 5 nitrogen and oxygen atoms in total. The van der Waals surface area contributed by atoms with Gasteiger partial charge in [-0.05, 0) is 25.3 Å². The number of carbonyl (C=O) groups excluding carboxylic acids is 1. The normalized spacial score (nSPS) is 32.0. The van der Waals surface area contributed by atoms with Crippen molar-refractivity contribution in [2.75, 3.05) is 13.7 Å². The zero-order chi connectivity index (χ0) is 15.7. The molecule has 4 atom stereocenters. The first kappa shape index (κ1) is 18.0. The van der Waals surface area contributed by atoms with Gasteiger partial charge in [-0.3, -0.25) is 4.79 Å². The first-order valence-electron chi connectivity index (χ1n) is 7.88. The predicted molar refractivity (Wildman–Crippen MR) is 91.1 cm³/mol. The van der Waals surface area contributed by atoms with Crippen LogP contribution in [0.2, 0.25) is 0 Å². The maximum Gasteiger partial charge on any atom is 0.249 e. The summed E-state index contributed by atoms with van der Waals surface area (Å²) in [6.07, 6.45) is 2.22. The molecule has 23 heavy (non-hydrogen) atoms. The molecular weight excluding hydrogens is 316 g/mol. The SMILES string of the molecule is COc1ccccc1C1(C)CC1NC(=O)[C@@H]1CC[C@H](CN)O1.Cl. The lowest BCUT2D eigenvalue weighted by atomic mass is 9.96. The highest BCUT2D eigenvalue weighted by molar-refractivity contribution is 5.85. The highest BCUT2D eigenvalue weighted by atomic mass is 35.5. The molecule has 1 aromatic rings. The molecular formula is C17H25ClN2O3. The molecule has 3 N–H and O–H groups in total. The summed E-state index contributed by atoms with van der Waals surface area (Å²) in [4.78, 5) is 12.3. The van der Waals surface area contributed by atoms with Crippen LogP contribution in [0.1, 0.15) is 31.7 Å². The van der Waals surface area contributed by atoms with Gasteiger partial charge in [-0.25, -0.2) is 0 Å². The fourth-order valence-electron chi connectivity index (χ4n) is 3.33. The Morgan fingerprint density at radius 3 is 2.83 bits per heavy atom. The fraction of sp³-hybridized carbons (Fsp3) is 0.588. The Kier molecular flexibility index (Phi) is 5.55. The zero-order valence-electron chi connectivity index (χ0n) is 13.6. The first-order valence-corrected chi connectivity index (χ1v) is 7.88. The molecule has 2 unspecified atom stereocenters. The summed E-state index contributed by atoms with van der Waals surface area (Å²) in [5.41, 5.74) is 6.68. The van der Waals surface area contributed by atoms with Crippen molar-refractivity contribution >= 4 is 18.3 Å². The number of methoxy groups -OCH3 is 1. The summed E-state index contributed by atoms with van der Waals surface area (Å²) in [7, 11) is 1.68. The van der Waals surface area contributed by atoms with Gasteiger partial charge < -0.3 is 20.5 Å². The second-order valence-corrected chi connectivity index (χ2v) is 6.44. The van der Waals surface area contributed by atoms with Crippen molar-refractivity contribution in [3.05, 3.63) is 29.8 Å². The third kappa shape index (κ3) is 3.47. The van der Waals surface area contributed by atoms with Gasteiger partial charge in [0.2, 0.25) is 5.91 Å². The minimum atomic E-state index is -0.351. The summed E-state index contributed by atoms with van der Waals surface area (Å²) < 4.78 is 11.1. The number of hydrogen-bond donors (Lipinski definition) is 2. The summed E-state index contributed by atoms with van der Waals surface area (Å²) in [6.45, 7) is 2.64. The largest absolute Gasteiger partial charge is 0.496 e. The van der Waals surface area contributed by atoms with Gasteiger partial charge in [0.15, 0.2) is 0 Å². The van der Waals surface area contributed by atoms with Crippen LogP contribution in [-0.2, 0) is 14.9 Å². The lowest BCUT2D eigenvalue weighted by molar-refractivity contribution is -0.132. The molecule has 6 heteroatoms. The zero-order valence-corrected chi connectivity index (χ0v) is 14.4. The van der Waals surface area contributed by atoms with Crippen LogP contribution < -0.4 is 15.8 Å². The Bertz CT molecular complexity index is 569. The molecule has 3 rings (SSSR count). The molecule has 0 aromatic heterocycles. The molecule has 0 radical (unpaired) electrons. The number of nitrogens with one attached hydrogen (secondary N) is 1. The van der Waals surface area contributed by atoms with Crippen molar-refractivity contribution in [3.63, 3.8) is 0 Å². The Morgan fingerprint density at radius 1 is 1.43 bits per heavy atom. The average Bonchev–Trinajstić information content (AvgIpc) is 2.99. The molecule has 2 aliphatic rings. The number of ether oxygens (including phenoxy) is 2. The van der Waals surface area contributed by atoms with Crippen LogP contribution in [0.25, 0.3) is 0 Å². The third-order valence-corrected chi connectivity index (χ3v) is 4.94. The maximum absolute atomic E-state index is 12.3. The van der Waals surface area contributed by atoms with Gasteiger partial charge in [-0.15, -0.1) is 12.4 Å². The third-order valence-electron chi connectivity index (χ3n) is 4.94. The van der Waals surface area contributed by atoms with Crippen molar-refractivity contribution in [1.82, 2.24) is 5.32 Å². The molecule has 1 saturated carbocycles. The number of hydrogen-bond acceptors (Lipinski definition) is 4. The standard InChI is InChI=1S/C17H24N2O3.ClH/c1-17(12-5-3-4-6-13(12)21-2)9-15(17)19-16(20)14-8-7-11(10-18)22-14;/h3-6,11,14-15H,7-10,18H2,1-2H3,(H,19,20);1H/t11-,14+,15?,17?;/m1./s1. The number of rotatable bonds is 5. The van der Waals surface area contributed by atoms with Crippen molar-refractivity contribution < 1.29 is 14.3 Å². The van der Waals surface area contributed by atoms with Crippen LogP contribution in [0.4, 0.5) is 0 Å². The average molecular weight is 341 g/mol. The number of benzene rings is 1. The summed E-state index contributed by atoms with van der Waals surface area (Å²) >= 11 is 0. The van der Waals surface area contributed by atoms with E-state index in [0.717, 1.165) is 30.6 Å². The molecule has 128 valence electrons. The van der Waals surface area contributed by atoms with Crippen molar-refractivity contribution in [3.8, 4) is 5.75 Å². The molecule has 0 bridgehead atoms. The van der Waals surface area contributed by atoms with Gasteiger partial charge in [0.25, 0.3) is 0 Å². The fourth-order valence-corrected chi connectivity index (χ4v) is 3.33. The summed E-state index contributed by atoms with van der Waals surface area (Å²) in [6, 6.07) is 8.13. The summed E-state index contributed by atoms with van der Waals surface area (Å²) in [5.74, 6) is 0.863. The highest BCUT2D eigenvalue weighted by Gasteiger charge is 2.54. The number of amides is 1. The monoisotopic (exact) mass is 340 g/mol. The van der Waals surface area contributed by atoms with Gasteiger partial charge in [0, 0.05) is 23.6 Å². The molecule has 1 aliphatic carbocycles. The Labute approximate surface area is 143 Å². The second kappa shape index (κ2) is 7.07. The lowest BCUT2D eigenvalue weighted by Crippen LogP contribution is -2.38. The Balaban J connectivity index is 0.00000192. The van der Waals surface area contributed by atoms with Crippen LogP contribution in [0, 0.1) is 0 Å². The molecule has 1 saturated heterocycles. The van der Waals surface area contributed by atoms with Crippen LogP contribution in [0.5, 0.6) is 5.75 Å². The highest BCUT2D eigenvalue weighted by Crippen LogP contribution is 2.51. The van der Waals surface area contributed by atoms with Crippen LogP contribution in [-0.4, -0.2) is 37.8 Å². The van der Waals surface area contributed by atoms with E-state index >= 15 is 0 Å². The minimum Gasteiger partial charge on any atom is -0.496 e. The van der Waals surface area contributed by atoms with E-state index in [2.05, 4.69) is 18.3 Å². The second-order valence-electron chi connectivity index (χ2n) is 6.44. The van der Waals surface area contributed by atoms with Gasteiger partial charge in [0.1, 0.15) is 11.9 Å². The van der Waals surface area contributed by atoms with Crippen LogP contribution >= 0.6 is 12.4 Å². The Hall–Kier alpha value is -1.30. The molecule has 1 aromatic carbocycles. The molecule has 0 spiro atoms. The molecule has 1 amide bonds. The lowest BCUT2D eigenvalue weighted by Gasteiger charge is -2.18. The van der Waals surface area contributed by atoms with E-state index in [0.29, 0.717) is 6.54 Å². The number of para-hydroxylation sites is 1. The molecule has 1 aliphatic heterocycles. The van der Waals surface area contributed by atoms with Gasteiger partial charge in [-0.1, -0.05) is 25.1 Å². The maximum atomic E-state index is 12.3. The van der Waals surface area contributed by atoms with Crippen LogP contribution in [0.15, 0.2) is 24.3 Å². The number of carbonyl (C=O) groups is 1. The Morgan fingerprint density at radius 2 is 2.17 bits per heavy atom. The van der Waals surface area contributed by atoms with E-state index in [1.807, 2.05) is 18.2 Å². The van der Waals surface area contributed by atoms with Gasteiger partial charge >= 0.3 is 0 Å². The summed E-state index contributed by atoms with van der Waals surface area (Å²) in [5, 5.41) is 3.12. The minimum absolute atomic E-state index is 0. The van der Waals surface area contributed by atoms with Crippen LogP contribution in [0.3, 0.4) is 0 Å². The smallest absolute Gasteiger partial charge is 0.249 e. The van der Waals surface area contributed by atoms with E-state index in [1.54, 1.807) is 7.11 Å². The van der Waals surface area contributed by atoms with Crippen molar-refractivity contribution in [2.24, 2.45) is 5.73 Å². The van der Waals surface area contributed by atoms with E-state index < -0.39 is 0 Å². The van der Waals surface area contributed by atoms with Gasteiger partial charge in [-0.2, -0.15) is 0 Å². The van der Waals surface area contributed by atoms with E-state index in [1.165, 1.54) is 0 Å². The van der Waals surface area contributed by atoms with E-state index in [4.69, 9.17) is 15.2 Å². The predicted octanol–water partition coefficient (Wildman–Crippen LogP) is 1.77. The molecule has 1 heterocycles. The van der Waals surface area contributed by atoms with E-state index in [9.17, 15) is 4.79 Å². The van der Waals surface area contributed by atoms with Crippen molar-refractivity contribution in [1.29, 1.82) is 0 Å². The van der Waals surface area contributed by atoms with Gasteiger partial charge in [0.05, 0.1) is 13.2 Å². The number of halogens is 1. The first-order chi connectivity index (χ1) is 10.6. The number of nitrogens with two attached hydrogens (primary N) is 1. The van der Waals surface area contributed by atoms with Crippen molar-refractivity contribution in [2.45, 2.75) is 49.9 Å². The van der Waals surface area contributed by atoms with E-state index in [-0.39, 0.29) is 42.0 Å². The molecule has 2 fully saturated rings. The topological polar surface area (TPSA) is 73.6 Å². The quantitative estimate of drug-likeness (QED) is 0.856.